The minimum atomic E-state index is -4.18. The van der Waals surface area contributed by atoms with Crippen LogP contribution < -0.4 is 0 Å². The van der Waals surface area contributed by atoms with Gasteiger partial charge in [-0.3, -0.25) is 4.90 Å². The molecule has 18 heavy (non-hydrogen) atoms. The van der Waals surface area contributed by atoms with Crippen LogP contribution in [0.4, 0.5) is 13.2 Å². The maximum Gasteiger partial charge on any atom is 0.401 e. The Morgan fingerprint density at radius 1 is 1.50 bits per heavy atom. The summed E-state index contributed by atoms with van der Waals surface area (Å²) >= 11 is 7.00. The largest absolute Gasteiger partial charge is 0.401 e. The Kier molecular flexibility index (Phi) is 5.88. The second kappa shape index (κ2) is 6.73. The molecule has 1 aromatic rings. The summed E-state index contributed by atoms with van der Waals surface area (Å²) in [5, 5.41) is 2.47. The molecule has 0 aliphatic carbocycles. The first-order chi connectivity index (χ1) is 8.37. The molecule has 104 valence electrons. The molecule has 1 rings (SSSR count). The fourth-order valence-corrected chi connectivity index (χ4v) is 2.80. The third kappa shape index (κ3) is 4.74. The van der Waals surface area contributed by atoms with E-state index < -0.39 is 12.7 Å². The molecular weight excluding hydrogens is 285 g/mol. The molecule has 0 amide bonds. The molecule has 0 fully saturated rings. The van der Waals surface area contributed by atoms with Crippen LogP contribution in [0.2, 0.25) is 0 Å². The van der Waals surface area contributed by atoms with E-state index in [1.807, 2.05) is 6.92 Å². The fraction of sp³-hybridized carbons (Fsp3) is 0.727. The second-order valence-corrected chi connectivity index (χ2v) is 5.23. The zero-order chi connectivity index (χ0) is 13.8. The van der Waals surface area contributed by atoms with E-state index in [2.05, 4.69) is 4.98 Å². The second-order valence-electron chi connectivity index (χ2n) is 4.07. The van der Waals surface area contributed by atoms with Gasteiger partial charge in [0.1, 0.15) is 5.01 Å². The molecule has 0 saturated heterocycles. The molecule has 0 N–H and O–H groups in total. The smallest absolute Gasteiger partial charge is 0.286 e. The molecule has 7 heteroatoms. The van der Waals surface area contributed by atoms with E-state index in [1.54, 1.807) is 12.3 Å². The van der Waals surface area contributed by atoms with Crippen molar-refractivity contribution in [3.05, 3.63) is 16.1 Å². The molecule has 0 saturated carbocycles. The first kappa shape index (κ1) is 15.7. The van der Waals surface area contributed by atoms with Crippen molar-refractivity contribution in [1.29, 1.82) is 0 Å². The van der Waals surface area contributed by atoms with Gasteiger partial charge in [0.05, 0.1) is 24.2 Å². The zero-order valence-corrected chi connectivity index (χ0v) is 11.9. The van der Waals surface area contributed by atoms with Crippen molar-refractivity contribution in [2.24, 2.45) is 0 Å². The number of hydrogen-bond acceptors (Lipinski definition) is 3. The topological polar surface area (TPSA) is 16.1 Å². The van der Waals surface area contributed by atoms with Crippen LogP contribution in [0.3, 0.4) is 0 Å². The lowest BCUT2D eigenvalue weighted by Gasteiger charge is -2.28. The third-order valence-corrected chi connectivity index (χ3v) is 3.84. The molecule has 1 atom stereocenters. The van der Waals surface area contributed by atoms with Gasteiger partial charge in [0, 0.05) is 5.38 Å². The standard InChI is InChI=1S/C11H16ClF3N2S/c1-3-4-17(7-11(13,14)15)8(2)10-16-9(5-12)6-18-10/h6,8H,3-5,7H2,1-2H3. The molecule has 0 bridgehead atoms. The maximum atomic E-state index is 12.5. The molecule has 1 aromatic heterocycles. The first-order valence-electron chi connectivity index (χ1n) is 5.68. The van der Waals surface area contributed by atoms with Gasteiger partial charge >= 0.3 is 6.18 Å². The number of alkyl halides is 4. The SMILES string of the molecule is CCCN(CC(F)(F)F)C(C)c1nc(CCl)cs1. The maximum absolute atomic E-state index is 12.5. The van der Waals surface area contributed by atoms with Crippen LogP contribution in [0.5, 0.6) is 0 Å². The van der Waals surface area contributed by atoms with Crippen molar-refractivity contribution in [3.63, 3.8) is 0 Å². The third-order valence-electron chi connectivity index (χ3n) is 2.50. The van der Waals surface area contributed by atoms with E-state index in [4.69, 9.17) is 11.6 Å². The molecule has 0 aromatic carbocycles. The van der Waals surface area contributed by atoms with Crippen molar-refractivity contribution >= 4 is 22.9 Å². The summed E-state index contributed by atoms with van der Waals surface area (Å²) in [6.07, 6.45) is -3.51. The van der Waals surface area contributed by atoms with E-state index in [9.17, 15) is 13.2 Å². The number of hydrogen-bond donors (Lipinski definition) is 0. The number of halogens is 4. The monoisotopic (exact) mass is 300 g/mol. The Labute approximate surface area is 114 Å². The quantitative estimate of drug-likeness (QED) is 0.731. The molecule has 0 aliphatic rings. The number of thiazole rings is 1. The van der Waals surface area contributed by atoms with Crippen LogP contribution in [0.1, 0.15) is 37.0 Å². The lowest BCUT2D eigenvalue weighted by molar-refractivity contribution is -0.150. The molecule has 0 radical (unpaired) electrons. The lowest BCUT2D eigenvalue weighted by Crippen LogP contribution is -2.36. The highest BCUT2D eigenvalue weighted by Crippen LogP contribution is 2.28. The van der Waals surface area contributed by atoms with Crippen LogP contribution >= 0.6 is 22.9 Å². The molecular formula is C11H16ClF3N2S. The minimum Gasteiger partial charge on any atom is -0.286 e. The highest BCUT2D eigenvalue weighted by molar-refractivity contribution is 7.09. The molecule has 2 nitrogen and oxygen atoms in total. The average molecular weight is 301 g/mol. The Balaban J connectivity index is 2.78. The summed E-state index contributed by atoms with van der Waals surface area (Å²) < 4.78 is 37.5. The van der Waals surface area contributed by atoms with Gasteiger partial charge in [-0.1, -0.05) is 6.92 Å². The molecule has 1 unspecified atom stereocenters. The summed E-state index contributed by atoms with van der Waals surface area (Å²) in [7, 11) is 0. The van der Waals surface area contributed by atoms with E-state index in [1.165, 1.54) is 16.2 Å². The van der Waals surface area contributed by atoms with Crippen LogP contribution in [0.15, 0.2) is 5.38 Å². The Morgan fingerprint density at radius 3 is 2.61 bits per heavy atom. The van der Waals surface area contributed by atoms with Crippen LogP contribution in [-0.4, -0.2) is 29.1 Å². The molecule has 0 aliphatic heterocycles. The van der Waals surface area contributed by atoms with E-state index in [-0.39, 0.29) is 11.9 Å². The summed E-state index contributed by atoms with van der Waals surface area (Å²) in [5.41, 5.74) is 0.715. The van der Waals surface area contributed by atoms with Crippen molar-refractivity contribution in [1.82, 2.24) is 9.88 Å². The van der Waals surface area contributed by atoms with Crippen LogP contribution in [0.25, 0.3) is 0 Å². The van der Waals surface area contributed by atoms with Gasteiger partial charge < -0.3 is 0 Å². The van der Waals surface area contributed by atoms with Crippen molar-refractivity contribution in [3.8, 4) is 0 Å². The molecule has 1 heterocycles. The summed E-state index contributed by atoms with van der Waals surface area (Å²) in [6.45, 7) is 3.11. The van der Waals surface area contributed by atoms with Gasteiger partial charge in [0.15, 0.2) is 0 Å². The van der Waals surface area contributed by atoms with Crippen LogP contribution in [-0.2, 0) is 5.88 Å². The first-order valence-corrected chi connectivity index (χ1v) is 7.09. The van der Waals surface area contributed by atoms with Gasteiger partial charge in [-0.25, -0.2) is 4.98 Å². The van der Waals surface area contributed by atoms with Crippen molar-refractivity contribution in [2.75, 3.05) is 13.1 Å². The summed E-state index contributed by atoms with van der Waals surface area (Å²) in [5.74, 6) is 0.288. The lowest BCUT2D eigenvalue weighted by atomic mass is 10.2. The van der Waals surface area contributed by atoms with Gasteiger partial charge in [0.25, 0.3) is 0 Å². The summed E-state index contributed by atoms with van der Waals surface area (Å²) in [6, 6.07) is -0.339. The van der Waals surface area contributed by atoms with Gasteiger partial charge in [-0.15, -0.1) is 22.9 Å². The van der Waals surface area contributed by atoms with E-state index >= 15 is 0 Å². The Hall–Kier alpha value is -0.330. The number of rotatable bonds is 6. The minimum absolute atomic E-state index is 0.288. The normalized spacial score (nSPS) is 14.2. The van der Waals surface area contributed by atoms with Crippen LogP contribution in [0, 0.1) is 0 Å². The highest BCUT2D eigenvalue weighted by atomic mass is 35.5. The number of nitrogens with zero attached hydrogens (tertiary/aromatic N) is 2. The molecule has 0 spiro atoms. The van der Waals surface area contributed by atoms with E-state index in [0.717, 1.165) is 0 Å². The predicted octanol–water partition coefficient (Wildman–Crippen LogP) is 4.22. The van der Waals surface area contributed by atoms with E-state index in [0.29, 0.717) is 23.7 Å². The van der Waals surface area contributed by atoms with Crippen molar-refractivity contribution < 1.29 is 13.2 Å². The number of aromatic nitrogens is 1. The highest BCUT2D eigenvalue weighted by Gasteiger charge is 2.33. The van der Waals surface area contributed by atoms with Gasteiger partial charge in [-0.05, 0) is 19.9 Å². The van der Waals surface area contributed by atoms with Gasteiger partial charge in [-0.2, -0.15) is 13.2 Å². The average Bonchev–Trinajstić information content (AvgIpc) is 2.74. The van der Waals surface area contributed by atoms with Crippen molar-refractivity contribution in [2.45, 2.75) is 38.4 Å². The zero-order valence-electron chi connectivity index (χ0n) is 10.3. The Bertz CT molecular complexity index is 367. The fourth-order valence-electron chi connectivity index (χ4n) is 1.66. The Morgan fingerprint density at radius 2 is 2.17 bits per heavy atom. The van der Waals surface area contributed by atoms with Gasteiger partial charge in [0.2, 0.25) is 0 Å². The summed E-state index contributed by atoms with van der Waals surface area (Å²) in [4.78, 5) is 5.64. The predicted molar refractivity (Wildman–Crippen MR) is 68.0 cm³/mol.